The number of thioether (sulfide) groups is 1. The molecule has 0 aliphatic rings. The van der Waals surface area contributed by atoms with Crippen LogP contribution < -0.4 is 10.6 Å². The normalized spacial score (nSPS) is 10.8. The van der Waals surface area contributed by atoms with Crippen LogP contribution >= 0.6 is 34.4 Å². The molecule has 4 rings (SSSR count). The number of carbonyl (C=O) groups is 1. The summed E-state index contributed by atoms with van der Waals surface area (Å²) in [5.74, 6) is 0.956. The van der Waals surface area contributed by atoms with E-state index in [0.29, 0.717) is 18.2 Å². The molecule has 0 atom stereocenters. The van der Waals surface area contributed by atoms with Crippen LogP contribution in [0.15, 0.2) is 84.5 Å². The van der Waals surface area contributed by atoms with Crippen molar-refractivity contribution >= 4 is 62.4 Å². The number of fused-ring (bicyclic) bond motifs is 1. The van der Waals surface area contributed by atoms with Crippen LogP contribution in [0.25, 0.3) is 10.8 Å². The lowest BCUT2D eigenvalue weighted by molar-refractivity contribution is -0.113. The lowest BCUT2D eigenvalue weighted by atomic mass is 10.1. The van der Waals surface area contributed by atoms with Crippen molar-refractivity contribution in [2.24, 2.45) is 0 Å². The van der Waals surface area contributed by atoms with Gasteiger partial charge in [-0.2, -0.15) is 0 Å². The smallest absolute Gasteiger partial charge is 0.234 e. The summed E-state index contributed by atoms with van der Waals surface area (Å²) in [5.41, 5.74) is 1.86. The van der Waals surface area contributed by atoms with Gasteiger partial charge in [-0.05, 0) is 46.2 Å². The highest BCUT2D eigenvalue weighted by Crippen LogP contribution is 2.24. The van der Waals surface area contributed by atoms with Crippen LogP contribution in [-0.2, 0) is 17.9 Å². The van der Waals surface area contributed by atoms with Crippen LogP contribution in [0.3, 0.4) is 0 Å². The lowest BCUT2D eigenvalue weighted by Crippen LogP contribution is -2.15. The van der Waals surface area contributed by atoms with Gasteiger partial charge in [-0.25, -0.2) is 0 Å². The summed E-state index contributed by atoms with van der Waals surface area (Å²) in [6.45, 7) is 4.94. The molecule has 0 aliphatic heterocycles. The molecule has 1 heterocycles. The van der Waals surface area contributed by atoms with E-state index in [-0.39, 0.29) is 11.7 Å². The molecule has 1 amide bonds. The Morgan fingerprint density at radius 2 is 1.78 bits per heavy atom. The Bertz CT molecular complexity index is 1250. The van der Waals surface area contributed by atoms with Crippen molar-refractivity contribution in [2.45, 2.75) is 18.2 Å². The Morgan fingerprint density at radius 3 is 2.62 bits per heavy atom. The zero-order valence-corrected chi connectivity index (χ0v) is 20.3. The Hall–Kier alpha value is -2.85. The van der Waals surface area contributed by atoms with Crippen LogP contribution in [0.4, 0.5) is 11.4 Å². The third-order valence-electron chi connectivity index (χ3n) is 4.81. The van der Waals surface area contributed by atoms with Gasteiger partial charge in [0.15, 0.2) is 11.0 Å². The fourth-order valence-electron chi connectivity index (χ4n) is 3.30. The lowest BCUT2D eigenvalue weighted by Gasteiger charge is -2.11. The number of hydrogen-bond acceptors (Lipinski definition) is 5. The second-order valence-corrected chi connectivity index (χ2v) is 9.10. The number of rotatable bonds is 9. The topological polar surface area (TPSA) is 71.8 Å². The van der Waals surface area contributed by atoms with E-state index in [2.05, 4.69) is 74.3 Å². The van der Waals surface area contributed by atoms with Crippen LogP contribution in [0, 0.1) is 3.57 Å². The Kier molecular flexibility index (Phi) is 7.43. The molecule has 0 saturated carbocycles. The summed E-state index contributed by atoms with van der Waals surface area (Å²) in [5, 5.41) is 18.1. The minimum atomic E-state index is -0.0808. The van der Waals surface area contributed by atoms with Gasteiger partial charge in [0.1, 0.15) is 0 Å². The predicted molar refractivity (Wildman–Crippen MR) is 140 cm³/mol. The van der Waals surface area contributed by atoms with Gasteiger partial charge in [-0.1, -0.05) is 66.4 Å². The van der Waals surface area contributed by atoms with Crippen molar-refractivity contribution < 1.29 is 4.79 Å². The van der Waals surface area contributed by atoms with Crippen molar-refractivity contribution in [3.63, 3.8) is 0 Å². The average Bonchev–Trinajstić information content (AvgIpc) is 3.19. The number of nitrogens with one attached hydrogen (secondary N) is 2. The van der Waals surface area contributed by atoms with E-state index in [9.17, 15) is 4.79 Å². The van der Waals surface area contributed by atoms with Gasteiger partial charge in [0.25, 0.3) is 0 Å². The molecule has 0 radical (unpaired) electrons. The number of hydrogen-bond donors (Lipinski definition) is 2. The van der Waals surface area contributed by atoms with Gasteiger partial charge < -0.3 is 15.2 Å². The molecule has 0 spiro atoms. The highest BCUT2D eigenvalue weighted by atomic mass is 127. The van der Waals surface area contributed by atoms with Crippen molar-refractivity contribution in [1.82, 2.24) is 14.8 Å². The number of amides is 1. The maximum Gasteiger partial charge on any atom is 0.234 e. The maximum atomic E-state index is 12.4. The summed E-state index contributed by atoms with van der Waals surface area (Å²) in [4.78, 5) is 12.4. The van der Waals surface area contributed by atoms with Gasteiger partial charge in [0.2, 0.25) is 5.91 Å². The van der Waals surface area contributed by atoms with E-state index in [1.165, 1.54) is 17.1 Å². The zero-order valence-electron chi connectivity index (χ0n) is 17.3. The average molecular weight is 555 g/mol. The molecule has 3 aromatic carbocycles. The van der Waals surface area contributed by atoms with Crippen molar-refractivity contribution in [2.75, 3.05) is 16.4 Å². The molecular formula is C24H22IN5OS. The highest BCUT2D eigenvalue weighted by Gasteiger charge is 2.14. The van der Waals surface area contributed by atoms with E-state index in [1.54, 1.807) is 6.08 Å². The van der Waals surface area contributed by atoms with Crippen LogP contribution in [0.1, 0.15) is 5.82 Å². The van der Waals surface area contributed by atoms with E-state index < -0.39 is 0 Å². The Balaban J connectivity index is 1.43. The largest absolute Gasteiger partial charge is 0.377 e. The number of anilines is 2. The van der Waals surface area contributed by atoms with Gasteiger partial charge in [-0.15, -0.1) is 16.8 Å². The quantitative estimate of drug-likeness (QED) is 0.161. The minimum Gasteiger partial charge on any atom is -0.377 e. The third-order valence-corrected chi connectivity index (χ3v) is 6.72. The van der Waals surface area contributed by atoms with Crippen molar-refractivity contribution in [1.29, 1.82) is 0 Å². The van der Waals surface area contributed by atoms with E-state index in [1.807, 2.05) is 47.0 Å². The molecule has 0 fully saturated rings. The molecule has 2 N–H and O–H groups in total. The second-order valence-electron chi connectivity index (χ2n) is 7.00. The number of para-hydroxylation sites is 1. The second kappa shape index (κ2) is 10.6. The van der Waals surface area contributed by atoms with E-state index >= 15 is 0 Å². The van der Waals surface area contributed by atoms with E-state index in [4.69, 9.17) is 0 Å². The van der Waals surface area contributed by atoms with Gasteiger partial charge >= 0.3 is 0 Å². The standard InChI is InChI=1S/C24H22IN5OS/c1-2-14-30-22(15-26-20-13-7-9-17-8-3-4-10-18(17)20)28-29-24(30)32-16-23(31)27-21-12-6-5-11-19(21)25/h2-13,26H,1,14-16H2,(H,27,31). The number of carbonyl (C=O) groups excluding carboxylic acids is 1. The molecular weight excluding hydrogens is 533 g/mol. The van der Waals surface area contributed by atoms with Crippen molar-refractivity contribution in [3.05, 3.63) is 88.8 Å². The molecule has 32 heavy (non-hydrogen) atoms. The fraction of sp³-hybridized carbons (Fsp3) is 0.125. The molecule has 8 heteroatoms. The number of benzene rings is 3. The van der Waals surface area contributed by atoms with Gasteiger partial charge in [-0.3, -0.25) is 4.79 Å². The number of aromatic nitrogens is 3. The molecule has 4 aromatic rings. The maximum absolute atomic E-state index is 12.4. The molecule has 1 aromatic heterocycles. The first-order valence-electron chi connectivity index (χ1n) is 10.1. The summed E-state index contributed by atoms with van der Waals surface area (Å²) >= 11 is 3.57. The monoisotopic (exact) mass is 555 g/mol. The van der Waals surface area contributed by atoms with Crippen molar-refractivity contribution in [3.8, 4) is 0 Å². The summed E-state index contributed by atoms with van der Waals surface area (Å²) in [6, 6.07) is 22.1. The van der Waals surface area contributed by atoms with Crippen LogP contribution in [0.2, 0.25) is 0 Å². The third kappa shape index (κ3) is 5.31. The zero-order chi connectivity index (χ0) is 22.3. The number of halogens is 1. The predicted octanol–water partition coefficient (Wildman–Crippen LogP) is 5.56. The Labute approximate surface area is 204 Å². The molecule has 0 unspecified atom stereocenters. The minimum absolute atomic E-state index is 0.0808. The van der Waals surface area contributed by atoms with Gasteiger partial charge in [0.05, 0.1) is 18.0 Å². The Morgan fingerprint density at radius 1 is 1.03 bits per heavy atom. The summed E-state index contributed by atoms with van der Waals surface area (Å²) in [6.07, 6.45) is 1.81. The first kappa shape index (κ1) is 22.3. The van der Waals surface area contributed by atoms with Gasteiger partial charge in [0, 0.05) is 21.2 Å². The summed E-state index contributed by atoms with van der Waals surface area (Å²) in [7, 11) is 0. The first-order chi connectivity index (χ1) is 15.7. The van der Waals surface area contributed by atoms with Crippen LogP contribution in [0.5, 0.6) is 0 Å². The highest BCUT2D eigenvalue weighted by molar-refractivity contribution is 14.1. The first-order valence-corrected chi connectivity index (χ1v) is 12.1. The molecule has 162 valence electrons. The fourth-order valence-corrected chi connectivity index (χ4v) is 4.59. The number of allylic oxidation sites excluding steroid dienone is 1. The SMILES string of the molecule is C=CCn1c(CNc2cccc3ccccc23)nnc1SCC(=O)Nc1ccccc1I. The number of nitrogens with zero attached hydrogens (tertiary/aromatic N) is 3. The molecule has 6 nitrogen and oxygen atoms in total. The molecule has 0 saturated heterocycles. The molecule has 0 aliphatic carbocycles. The molecule has 0 bridgehead atoms. The van der Waals surface area contributed by atoms with Crippen LogP contribution in [-0.4, -0.2) is 26.4 Å². The van der Waals surface area contributed by atoms with E-state index in [0.717, 1.165) is 26.2 Å². The summed E-state index contributed by atoms with van der Waals surface area (Å²) < 4.78 is 2.98.